The zero-order valence-corrected chi connectivity index (χ0v) is 14.9. The summed E-state index contributed by atoms with van der Waals surface area (Å²) in [5.41, 5.74) is 6.92. The van der Waals surface area contributed by atoms with Crippen molar-refractivity contribution in [3.8, 4) is 0 Å². The summed E-state index contributed by atoms with van der Waals surface area (Å²) in [6.45, 7) is 11.2. The third-order valence-electron chi connectivity index (χ3n) is 4.42. The Labute approximate surface area is 139 Å². The highest BCUT2D eigenvalue weighted by atomic mass is 16.1. The molecule has 0 aromatic heterocycles. The molecule has 2 aromatic rings. The Bertz CT molecular complexity index is 701. The summed E-state index contributed by atoms with van der Waals surface area (Å²) in [4.78, 5) is 12.5. The molecule has 0 fully saturated rings. The molecule has 2 rings (SSSR count). The lowest BCUT2D eigenvalue weighted by molar-refractivity contribution is 0.0951. The van der Waals surface area contributed by atoms with Crippen molar-refractivity contribution < 1.29 is 4.79 Å². The van der Waals surface area contributed by atoms with Crippen molar-refractivity contribution in [1.29, 1.82) is 0 Å². The van der Waals surface area contributed by atoms with E-state index in [-0.39, 0.29) is 5.91 Å². The predicted molar refractivity (Wildman–Crippen MR) is 97.0 cm³/mol. The van der Waals surface area contributed by atoms with E-state index in [4.69, 9.17) is 0 Å². The largest absolute Gasteiger partial charge is 0.348 e. The van der Waals surface area contributed by atoms with Crippen molar-refractivity contribution in [2.75, 3.05) is 0 Å². The lowest BCUT2D eigenvalue weighted by atomic mass is 9.95. The van der Waals surface area contributed by atoms with Crippen LogP contribution >= 0.6 is 0 Å². The minimum absolute atomic E-state index is 0.00629. The fourth-order valence-corrected chi connectivity index (χ4v) is 2.82. The standard InChI is InChI=1S/C21H27NO/c1-6-17-9-7-15(4)19(11-17)13-22-21(23)18-10-8-16(5)20(12-18)14(2)3/h7-12,14H,6,13H2,1-5H3,(H,22,23). The van der Waals surface area contributed by atoms with E-state index in [0.29, 0.717) is 12.5 Å². The van der Waals surface area contributed by atoms with Crippen LogP contribution in [-0.2, 0) is 13.0 Å². The van der Waals surface area contributed by atoms with E-state index in [1.54, 1.807) is 0 Å². The van der Waals surface area contributed by atoms with Crippen molar-refractivity contribution in [2.24, 2.45) is 0 Å². The maximum Gasteiger partial charge on any atom is 0.251 e. The molecule has 0 aliphatic rings. The molecule has 0 atom stereocenters. The van der Waals surface area contributed by atoms with Crippen LogP contribution < -0.4 is 5.32 Å². The van der Waals surface area contributed by atoms with Gasteiger partial charge in [0.2, 0.25) is 0 Å². The van der Waals surface area contributed by atoms with E-state index in [0.717, 1.165) is 12.0 Å². The Morgan fingerprint density at radius 1 is 1.04 bits per heavy atom. The molecule has 0 aliphatic heterocycles. The molecule has 23 heavy (non-hydrogen) atoms. The van der Waals surface area contributed by atoms with E-state index in [1.165, 1.54) is 27.8 Å². The monoisotopic (exact) mass is 309 g/mol. The Morgan fingerprint density at radius 3 is 2.39 bits per heavy atom. The quantitative estimate of drug-likeness (QED) is 0.834. The van der Waals surface area contributed by atoms with Crippen LogP contribution in [0.15, 0.2) is 36.4 Å². The molecule has 1 amide bonds. The fraction of sp³-hybridized carbons (Fsp3) is 0.381. The van der Waals surface area contributed by atoms with Crippen LogP contribution in [0.4, 0.5) is 0 Å². The molecule has 0 saturated carbocycles. The third kappa shape index (κ3) is 4.22. The summed E-state index contributed by atoms with van der Waals surface area (Å²) in [6, 6.07) is 12.4. The van der Waals surface area contributed by atoms with Gasteiger partial charge in [0.25, 0.3) is 5.91 Å². The molecule has 0 unspecified atom stereocenters. The molecule has 2 aromatic carbocycles. The van der Waals surface area contributed by atoms with Crippen molar-refractivity contribution in [2.45, 2.75) is 53.5 Å². The Balaban J connectivity index is 2.12. The molecule has 1 N–H and O–H groups in total. The van der Waals surface area contributed by atoms with E-state index >= 15 is 0 Å². The summed E-state index contributed by atoms with van der Waals surface area (Å²) < 4.78 is 0. The molecule has 0 radical (unpaired) electrons. The average Bonchev–Trinajstić information content (AvgIpc) is 2.54. The molecule has 0 aliphatic carbocycles. The van der Waals surface area contributed by atoms with Crippen molar-refractivity contribution >= 4 is 5.91 Å². The number of nitrogens with one attached hydrogen (secondary N) is 1. The highest BCUT2D eigenvalue weighted by Gasteiger charge is 2.10. The van der Waals surface area contributed by atoms with Gasteiger partial charge >= 0.3 is 0 Å². The van der Waals surface area contributed by atoms with Gasteiger partial charge < -0.3 is 5.32 Å². The van der Waals surface area contributed by atoms with Crippen molar-refractivity contribution in [3.05, 3.63) is 69.8 Å². The van der Waals surface area contributed by atoms with Crippen molar-refractivity contribution in [3.63, 3.8) is 0 Å². The van der Waals surface area contributed by atoms with Crippen LogP contribution in [0.5, 0.6) is 0 Å². The molecular weight excluding hydrogens is 282 g/mol. The number of hydrogen-bond donors (Lipinski definition) is 1. The van der Waals surface area contributed by atoms with E-state index in [1.807, 2.05) is 18.2 Å². The lowest BCUT2D eigenvalue weighted by Gasteiger charge is -2.13. The highest BCUT2D eigenvalue weighted by molar-refractivity contribution is 5.94. The first-order chi connectivity index (χ1) is 10.9. The zero-order valence-electron chi connectivity index (χ0n) is 14.9. The molecule has 122 valence electrons. The molecule has 0 heterocycles. The second-order valence-corrected chi connectivity index (χ2v) is 6.52. The summed E-state index contributed by atoms with van der Waals surface area (Å²) in [7, 11) is 0. The SMILES string of the molecule is CCc1ccc(C)c(CNC(=O)c2ccc(C)c(C(C)C)c2)c1. The number of carbonyl (C=O) groups is 1. The van der Waals surface area contributed by atoms with Gasteiger partial charge in [0.15, 0.2) is 0 Å². The first kappa shape index (κ1) is 17.3. The van der Waals surface area contributed by atoms with Gasteiger partial charge in [-0.15, -0.1) is 0 Å². The molecule has 0 spiro atoms. The maximum absolute atomic E-state index is 12.5. The Kier molecular flexibility index (Phi) is 5.59. The predicted octanol–water partition coefficient (Wildman–Crippen LogP) is 4.92. The van der Waals surface area contributed by atoms with Crippen LogP contribution in [0.1, 0.15) is 64.9 Å². The van der Waals surface area contributed by atoms with Crippen LogP contribution in [0, 0.1) is 13.8 Å². The summed E-state index contributed by atoms with van der Waals surface area (Å²) >= 11 is 0. The molecule has 0 saturated heterocycles. The Hall–Kier alpha value is -2.09. The number of rotatable bonds is 5. The smallest absolute Gasteiger partial charge is 0.251 e. The van der Waals surface area contributed by atoms with Crippen LogP contribution in [0.25, 0.3) is 0 Å². The van der Waals surface area contributed by atoms with Gasteiger partial charge in [-0.25, -0.2) is 0 Å². The maximum atomic E-state index is 12.5. The zero-order chi connectivity index (χ0) is 17.0. The van der Waals surface area contributed by atoms with Crippen LogP contribution in [0.3, 0.4) is 0 Å². The van der Waals surface area contributed by atoms with Gasteiger partial charge in [-0.3, -0.25) is 4.79 Å². The van der Waals surface area contributed by atoms with Crippen LogP contribution in [-0.4, -0.2) is 5.91 Å². The summed E-state index contributed by atoms with van der Waals surface area (Å²) in [5, 5.41) is 3.05. The fourth-order valence-electron chi connectivity index (χ4n) is 2.82. The minimum atomic E-state index is -0.00629. The van der Waals surface area contributed by atoms with Crippen molar-refractivity contribution in [1.82, 2.24) is 5.32 Å². The Morgan fingerprint density at radius 2 is 1.74 bits per heavy atom. The van der Waals surface area contributed by atoms with Gasteiger partial charge in [-0.1, -0.05) is 45.0 Å². The molecule has 2 heteroatoms. The van der Waals surface area contributed by atoms with Gasteiger partial charge in [0.05, 0.1) is 0 Å². The molecular formula is C21H27NO. The summed E-state index contributed by atoms with van der Waals surface area (Å²) in [5.74, 6) is 0.416. The number of benzene rings is 2. The van der Waals surface area contributed by atoms with E-state index in [2.05, 4.69) is 58.1 Å². The van der Waals surface area contributed by atoms with Gasteiger partial charge in [-0.05, 0) is 66.1 Å². The number of amides is 1. The highest BCUT2D eigenvalue weighted by Crippen LogP contribution is 2.20. The summed E-state index contributed by atoms with van der Waals surface area (Å²) in [6.07, 6.45) is 1.01. The first-order valence-electron chi connectivity index (χ1n) is 8.39. The molecule has 2 nitrogen and oxygen atoms in total. The first-order valence-corrected chi connectivity index (χ1v) is 8.39. The number of carbonyl (C=O) groups excluding carboxylic acids is 1. The minimum Gasteiger partial charge on any atom is -0.348 e. The normalized spacial score (nSPS) is 10.9. The topological polar surface area (TPSA) is 29.1 Å². The number of hydrogen-bond acceptors (Lipinski definition) is 1. The number of aryl methyl sites for hydroxylation is 3. The van der Waals surface area contributed by atoms with Gasteiger partial charge in [0, 0.05) is 12.1 Å². The van der Waals surface area contributed by atoms with Crippen LogP contribution in [0.2, 0.25) is 0 Å². The lowest BCUT2D eigenvalue weighted by Crippen LogP contribution is -2.23. The van der Waals surface area contributed by atoms with Gasteiger partial charge in [0.1, 0.15) is 0 Å². The second-order valence-electron chi connectivity index (χ2n) is 6.52. The molecule has 0 bridgehead atoms. The van der Waals surface area contributed by atoms with E-state index < -0.39 is 0 Å². The van der Waals surface area contributed by atoms with E-state index in [9.17, 15) is 4.79 Å². The average molecular weight is 309 g/mol. The third-order valence-corrected chi connectivity index (χ3v) is 4.42. The second kappa shape index (κ2) is 7.45. The van der Waals surface area contributed by atoms with Gasteiger partial charge in [-0.2, -0.15) is 0 Å².